The minimum Gasteiger partial charge on any atom is -0.232 e. The molecule has 0 saturated heterocycles. The summed E-state index contributed by atoms with van der Waals surface area (Å²) in [4.78, 5) is -4.82. The highest BCUT2D eigenvalue weighted by Gasteiger charge is 2.68. The van der Waals surface area contributed by atoms with Crippen LogP contribution >= 0.6 is 15.9 Å². The average molecular weight is 286 g/mol. The van der Waals surface area contributed by atoms with Crippen molar-refractivity contribution in [2.45, 2.75) is 16.7 Å². The molecule has 0 spiro atoms. The molecule has 0 aliphatic heterocycles. The van der Waals surface area contributed by atoms with Gasteiger partial charge in [-0.2, -0.15) is 22.0 Å². The van der Waals surface area contributed by atoms with Gasteiger partial charge >= 0.3 is 11.0 Å². The Morgan fingerprint density at radius 2 is 1.50 bits per heavy atom. The molecule has 0 aromatic carbocycles. The third-order valence-electron chi connectivity index (χ3n) is 1.27. The molecule has 0 aliphatic rings. The lowest BCUT2D eigenvalue weighted by atomic mass is 10.1. The van der Waals surface area contributed by atoms with E-state index in [1.165, 1.54) is 15.9 Å². The molecule has 1 radical (unpaired) electrons. The molecule has 0 aliphatic carbocycles. The Bertz CT molecular complexity index is 203. The molecule has 8 heteroatoms. The lowest BCUT2D eigenvalue weighted by Crippen LogP contribution is -2.50. The zero-order valence-corrected chi connectivity index (χ0v) is 8.00. The van der Waals surface area contributed by atoms with E-state index in [2.05, 4.69) is 0 Å². The summed E-state index contributed by atoms with van der Waals surface area (Å²) in [6.07, 6.45) is -6.15. The molecule has 0 amide bonds. The molecular formula is C6H4BrF6O. The van der Waals surface area contributed by atoms with Gasteiger partial charge in [-0.05, 0) is 22.0 Å². The first-order valence-corrected chi connectivity index (χ1v) is 3.93. The Morgan fingerprint density at radius 3 is 1.71 bits per heavy atom. The van der Waals surface area contributed by atoms with Crippen molar-refractivity contribution in [3.8, 4) is 0 Å². The first kappa shape index (κ1) is 13.8. The molecule has 14 heavy (non-hydrogen) atoms. The van der Waals surface area contributed by atoms with E-state index < -0.39 is 29.4 Å². The van der Waals surface area contributed by atoms with Crippen LogP contribution in [0.1, 0.15) is 0 Å². The topological polar surface area (TPSA) is 19.9 Å². The van der Waals surface area contributed by atoms with Crippen molar-refractivity contribution in [2.75, 3.05) is 6.61 Å². The fraction of sp³-hybridized carbons (Fsp3) is 0.667. The first-order valence-electron chi connectivity index (χ1n) is 3.14. The molecule has 0 aromatic heterocycles. The molecule has 0 heterocycles. The van der Waals surface area contributed by atoms with Crippen LogP contribution in [0, 0.1) is 0 Å². The molecule has 0 rings (SSSR count). The van der Waals surface area contributed by atoms with Crippen molar-refractivity contribution in [1.29, 1.82) is 0 Å². The van der Waals surface area contributed by atoms with Gasteiger partial charge in [0.2, 0.25) is 0 Å². The summed E-state index contributed by atoms with van der Waals surface area (Å²) in [5.41, 5.74) is -4.87. The van der Waals surface area contributed by atoms with E-state index in [1.54, 1.807) is 0 Å². The summed E-state index contributed by atoms with van der Waals surface area (Å²) in [6, 6.07) is 0. The van der Waals surface area contributed by atoms with Crippen molar-refractivity contribution >= 4 is 15.9 Å². The molecular weight excluding hydrogens is 282 g/mol. The number of hydrogen-bond acceptors (Lipinski definition) is 0. The van der Waals surface area contributed by atoms with E-state index in [-0.39, 0.29) is 6.08 Å². The van der Waals surface area contributed by atoms with Crippen LogP contribution in [0.2, 0.25) is 0 Å². The van der Waals surface area contributed by atoms with Crippen LogP contribution in [0.4, 0.5) is 26.3 Å². The van der Waals surface area contributed by atoms with Crippen molar-refractivity contribution in [2.24, 2.45) is 0 Å². The Morgan fingerprint density at radius 1 is 1.07 bits per heavy atom. The van der Waals surface area contributed by atoms with Gasteiger partial charge in [-0.3, -0.25) is 0 Å². The Kier molecular flexibility index (Phi) is 4.02. The normalized spacial score (nSPS) is 18.6. The highest BCUT2D eigenvalue weighted by Crippen LogP contribution is 2.49. The van der Waals surface area contributed by atoms with Crippen LogP contribution in [0.25, 0.3) is 0 Å². The van der Waals surface area contributed by atoms with Gasteiger partial charge in [-0.15, -0.1) is 0 Å². The number of halogens is 7. The van der Waals surface area contributed by atoms with Crippen LogP contribution < -0.4 is 0 Å². The van der Waals surface area contributed by atoms with Gasteiger partial charge in [-0.1, -0.05) is 6.08 Å². The number of hydrogen-bond donors (Lipinski definition) is 0. The molecule has 0 aromatic rings. The highest BCUT2D eigenvalue weighted by atomic mass is 79.9. The van der Waals surface area contributed by atoms with Crippen LogP contribution in [0.15, 0.2) is 12.2 Å². The lowest BCUT2D eigenvalue weighted by Gasteiger charge is -2.28. The fourth-order valence-electron chi connectivity index (χ4n) is 0.560. The number of allylic oxidation sites excluding steroid dienone is 1. The summed E-state index contributed by atoms with van der Waals surface area (Å²) >= 11 is 1.29. The third-order valence-corrected chi connectivity index (χ3v) is 1.85. The maximum atomic E-state index is 12.8. The van der Waals surface area contributed by atoms with Gasteiger partial charge in [0, 0.05) is 0 Å². The minimum absolute atomic E-state index is 0.142. The molecule has 1 unspecified atom stereocenters. The van der Waals surface area contributed by atoms with Crippen molar-refractivity contribution < 1.29 is 31.4 Å². The Hall–Kier alpha value is -0.240. The smallest absolute Gasteiger partial charge is 0.232 e. The maximum Gasteiger partial charge on any atom is 0.433 e. The van der Waals surface area contributed by atoms with Crippen LogP contribution in [-0.2, 0) is 5.11 Å². The van der Waals surface area contributed by atoms with Crippen molar-refractivity contribution in [3.05, 3.63) is 12.2 Å². The number of alkyl halides is 7. The number of rotatable bonds is 3. The zero-order valence-electron chi connectivity index (χ0n) is 6.42. The molecule has 1 atom stereocenters. The summed E-state index contributed by atoms with van der Waals surface area (Å²) in [5, 5.41) is 9.75. The monoisotopic (exact) mass is 285 g/mol. The van der Waals surface area contributed by atoms with Crippen LogP contribution in [-0.4, -0.2) is 23.3 Å². The van der Waals surface area contributed by atoms with E-state index in [9.17, 15) is 31.4 Å². The summed E-state index contributed by atoms with van der Waals surface area (Å²) in [5.74, 6) is 0. The largest absolute Gasteiger partial charge is 0.433 e. The van der Waals surface area contributed by atoms with E-state index in [0.29, 0.717) is 0 Å². The second kappa shape index (κ2) is 4.09. The van der Waals surface area contributed by atoms with E-state index in [1.807, 2.05) is 0 Å². The zero-order chi connectivity index (χ0) is 11.6. The van der Waals surface area contributed by atoms with Gasteiger partial charge in [0.1, 0.15) is 6.61 Å². The highest BCUT2D eigenvalue weighted by molar-refractivity contribution is 9.10. The van der Waals surface area contributed by atoms with E-state index >= 15 is 0 Å². The molecule has 83 valence electrons. The fourth-order valence-corrected chi connectivity index (χ4v) is 0.917. The van der Waals surface area contributed by atoms with Crippen molar-refractivity contribution in [1.82, 2.24) is 0 Å². The predicted molar refractivity (Wildman–Crippen MR) is 38.5 cm³/mol. The molecule has 0 bridgehead atoms. The first-order chi connectivity index (χ1) is 6.06. The standard InChI is InChI=1S/C6H4BrF6O/c7-5(9,10)4(8,2-1-3-14)6(11,12)13/h1-2H,3H2/b2-1+. The SMILES string of the molecule is [O]C/C=C/C(F)(C(F)(F)F)C(F)(F)Br. The molecule has 0 N–H and O–H groups in total. The second-order valence-corrected chi connectivity index (χ2v) is 3.27. The summed E-state index contributed by atoms with van der Waals surface area (Å²) in [7, 11) is 0. The quantitative estimate of drug-likeness (QED) is 0.431. The van der Waals surface area contributed by atoms with E-state index in [4.69, 9.17) is 0 Å². The molecule has 0 saturated carbocycles. The van der Waals surface area contributed by atoms with Crippen LogP contribution in [0.3, 0.4) is 0 Å². The van der Waals surface area contributed by atoms with Crippen LogP contribution in [0.5, 0.6) is 0 Å². The van der Waals surface area contributed by atoms with Gasteiger partial charge in [-0.25, -0.2) is 9.50 Å². The summed E-state index contributed by atoms with van der Waals surface area (Å²) < 4.78 is 73.0. The predicted octanol–water partition coefficient (Wildman–Crippen LogP) is 3.23. The van der Waals surface area contributed by atoms with Gasteiger partial charge in [0.05, 0.1) is 0 Å². The maximum absolute atomic E-state index is 12.8. The Labute approximate surface area is 83.5 Å². The second-order valence-electron chi connectivity index (χ2n) is 2.28. The van der Waals surface area contributed by atoms with Gasteiger partial charge in [0.15, 0.2) is 0 Å². The van der Waals surface area contributed by atoms with Gasteiger partial charge in [0.25, 0.3) is 5.67 Å². The third kappa shape index (κ3) is 2.63. The Balaban J connectivity index is 5.18. The molecule has 0 fully saturated rings. The van der Waals surface area contributed by atoms with Gasteiger partial charge < -0.3 is 0 Å². The van der Waals surface area contributed by atoms with E-state index in [0.717, 1.165) is 0 Å². The minimum atomic E-state index is -5.80. The van der Waals surface area contributed by atoms with Crippen molar-refractivity contribution in [3.63, 3.8) is 0 Å². The average Bonchev–Trinajstić information content (AvgIpc) is 1.95. The lowest BCUT2D eigenvalue weighted by molar-refractivity contribution is -0.254. The summed E-state index contributed by atoms with van der Waals surface area (Å²) in [6.45, 7) is -1.22. The molecule has 1 nitrogen and oxygen atoms in total.